The first-order chi connectivity index (χ1) is 5.93. The molecule has 1 aromatic rings. The van der Waals surface area contributed by atoms with Crippen molar-refractivity contribution >= 4 is 0 Å². The van der Waals surface area contributed by atoms with Gasteiger partial charge in [-0.25, -0.2) is 0 Å². The molecule has 0 aliphatic heterocycles. The number of hydrogen-bond donors (Lipinski definition) is 0. The SMILES string of the molecule is [CH2-][N+](C)(C)C(C)c1ccccc1C. The van der Waals surface area contributed by atoms with Crippen molar-refractivity contribution in [1.29, 1.82) is 0 Å². The molecule has 0 N–H and O–H groups in total. The van der Waals surface area contributed by atoms with E-state index in [4.69, 9.17) is 0 Å². The Hall–Kier alpha value is -0.820. The van der Waals surface area contributed by atoms with Crippen LogP contribution in [0.1, 0.15) is 24.1 Å². The van der Waals surface area contributed by atoms with E-state index in [0.29, 0.717) is 6.04 Å². The first-order valence-corrected chi connectivity index (χ1v) is 4.66. The summed E-state index contributed by atoms with van der Waals surface area (Å²) >= 11 is 0. The standard InChI is InChI=1S/C12H19N/c1-10-8-6-7-9-12(10)11(2)13(3,4)5/h6-9,11H,3H2,1-2,4-5H3. The summed E-state index contributed by atoms with van der Waals surface area (Å²) < 4.78 is 0.727. The molecule has 1 heteroatoms. The van der Waals surface area contributed by atoms with Crippen LogP contribution in [-0.4, -0.2) is 18.6 Å². The lowest BCUT2D eigenvalue weighted by molar-refractivity contribution is -0.876. The molecule has 0 aromatic heterocycles. The monoisotopic (exact) mass is 177 g/mol. The first-order valence-electron chi connectivity index (χ1n) is 4.66. The van der Waals surface area contributed by atoms with Crippen molar-refractivity contribution in [2.45, 2.75) is 19.9 Å². The Morgan fingerprint density at radius 2 is 1.77 bits per heavy atom. The number of aryl methyl sites for hydroxylation is 1. The third-order valence-electron chi connectivity index (χ3n) is 2.69. The van der Waals surface area contributed by atoms with Crippen LogP contribution in [0.5, 0.6) is 0 Å². The zero-order chi connectivity index (χ0) is 10.1. The van der Waals surface area contributed by atoms with E-state index in [0.717, 1.165) is 4.48 Å². The van der Waals surface area contributed by atoms with Crippen molar-refractivity contribution in [1.82, 2.24) is 0 Å². The molecule has 0 saturated carbocycles. The molecule has 13 heavy (non-hydrogen) atoms. The van der Waals surface area contributed by atoms with Gasteiger partial charge in [-0.15, -0.1) is 7.05 Å². The minimum atomic E-state index is 0.446. The predicted octanol–water partition coefficient (Wildman–Crippen LogP) is 2.92. The van der Waals surface area contributed by atoms with Crippen LogP contribution in [0.15, 0.2) is 24.3 Å². The van der Waals surface area contributed by atoms with E-state index in [9.17, 15) is 0 Å². The highest BCUT2D eigenvalue weighted by atomic mass is 15.3. The molecule has 0 bridgehead atoms. The molecule has 0 spiro atoms. The van der Waals surface area contributed by atoms with Crippen molar-refractivity contribution in [3.63, 3.8) is 0 Å². The summed E-state index contributed by atoms with van der Waals surface area (Å²) in [7, 11) is 8.37. The van der Waals surface area contributed by atoms with Crippen LogP contribution in [0.4, 0.5) is 0 Å². The Labute approximate surface area is 81.6 Å². The van der Waals surface area contributed by atoms with Crippen LogP contribution in [0, 0.1) is 14.0 Å². The number of hydrogen-bond acceptors (Lipinski definition) is 0. The zero-order valence-corrected chi connectivity index (χ0v) is 9.04. The molecular formula is C12H19N. The van der Waals surface area contributed by atoms with Crippen LogP contribution >= 0.6 is 0 Å². The highest BCUT2D eigenvalue weighted by Crippen LogP contribution is 2.25. The van der Waals surface area contributed by atoms with E-state index >= 15 is 0 Å². The fraction of sp³-hybridized carbons (Fsp3) is 0.417. The molecule has 1 rings (SSSR count). The number of nitrogens with zero attached hydrogens (tertiary/aromatic N) is 1. The lowest BCUT2D eigenvalue weighted by Gasteiger charge is -2.40. The second kappa shape index (κ2) is 3.51. The van der Waals surface area contributed by atoms with E-state index < -0.39 is 0 Å². The third kappa shape index (κ3) is 2.31. The van der Waals surface area contributed by atoms with Crippen molar-refractivity contribution in [3.8, 4) is 0 Å². The van der Waals surface area contributed by atoms with Crippen molar-refractivity contribution < 1.29 is 4.48 Å². The Morgan fingerprint density at radius 1 is 1.23 bits per heavy atom. The van der Waals surface area contributed by atoms with Crippen molar-refractivity contribution in [3.05, 3.63) is 42.4 Å². The highest BCUT2D eigenvalue weighted by Gasteiger charge is 2.16. The van der Waals surface area contributed by atoms with Gasteiger partial charge in [-0.05, 0) is 19.4 Å². The zero-order valence-electron chi connectivity index (χ0n) is 9.04. The number of rotatable bonds is 2. The number of benzene rings is 1. The summed E-state index contributed by atoms with van der Waals surface area (Å²) in [6.07, 6.45) is 0. The number of quaternary nitrogens is 1. The molecule has 0 heterocycles. The summed E-state index contributed by atoms with van der Waals surface area (Å²) in [5, 5.41) is 0. The summed E-state index contributed by atoms with van der Waals surface area (Å²) in [6, 6.07) is 8.96. The first kappa shape index (κ1) is 10.3. The van der Waals surface area contributed by atoms with Gasteiger partial charge in [-0.3, -0.25) is 0 Å². The maximum atomic E-state index is 4.13. The van der Waals surface area contributed by atoms with Gasteiger partial charge in [0.05, 0.1) is 6.04 Å². The molecule has 0 radical (unpaired) electrons. The Bertz CT molecular complexity index is 283. The molecule has 0 fully saturated rings. The minimum absolute atomic E-state index is 0.446. The average Bonchev–Trinajstić information content (AvgIpc) is 2.02. The van der Waals surface area contributed by atoms with Gasteiger partial charge in [0, 0.05) is 19.7 Å². The molecule has 1 atom stereocenters. The molecule has 0 aliphatic rings. The summed E-state index contributed by atoms with van der Waals surface area (Å²) in [4.78, 5) is 0. The van der Waals surface area contributed by atoms with Gasteiger partial charge < -0.3 is 4.48 Å². The van der Waals surface area contributed by atoms with Gasteiger partial charge in [0.25, 0.3) is 0 Å². The Kier molecular flexibility index (Phi) is 2.77. The second-order valence-corrected chi connectivity index (χ2v) is 4.31. The quantitative estimate of drug-likeness (QED) is 0.481. The summed E-state index contributed by atoms with van der Waals surface area (Å²) in [5.74, 6) is 0. The lowest BCUT2D eigenvalue weighted by Crippen LogP contribution is -2.35. The van der Waals surface area contributed by atoms with E-state index in [1.807, 2.05) is 0 Å². The van der Waals surface area contributed by atoms with Gasteiger partial charge in [-0.1, -0.05) is 24.3 Å². The average molecular weight is 177 g/mol. The Balaban J connectivity index is 3.02. The third-order valence-corrected chi connectivity index (χ3v) is 2.69. The van der Waals surface area contributed by atoms with E-state index in [1.165, 1.54) is 11.1 Å². The van der Waals surface area contributed by atoms with E-state index in [1.54, 1.807) is 0 Å². The molecule has 0 aliphatic carbocycles. The fourth-order valence-corrected chi connectivity index (χ4v) is 1.43. The molecule has 1 unspecified atom stereocenters. The van der Waals surface area contributed by atoms with Gasteiger partial charge in [0.15, 0.2) is 0 Å². The maximum absolute atomic E-state index is 4.13. The highest BCUT2D eigenvalue weighted by molar-refractivity contribution is 5.27. The molecule has 0 saturated heterocycles. The Morgan fingerprint density at radius 3 is 2.23 bits per heavy atom. The lowest BCUT2D eigenvalue weighted by atomic mass is 10.0. The summed E-state index contributed by atoms with van der Waals surface area (Å²) in [5.41, 5.74) is 2.74. The van der Waals surface area contributed by atoms with Crippen LogP contribution in [-0.2, 0) is 0 Å². The molecular weight excluding hydrogens is 158 g/mol. The van der Waals surface area contributed by atoms with Crippen LogP contribution in [0.2, 0.25) is 0 Å². The smallest absolute Gasteiger partial charge is 0.0876 e. The maximum Gasteiger partial charge on any atom is 0.0876 e. The molecule has 1 nitrogen and oxygen atoms in total. The fourth-order valence-electron chi connectivity index (χ4n) is 1.43. The minimum Gasteiger partial charge on any atom is -0.456 e. The normalized spacial score (nSPS) is 14.2. The van der Waals surface area contributed by atoms with Gasteiger partial charge in [0.1, 0.15) is 0 Å². The largest absolute Gasteiger partial charge is 0.456 e. The van der Waals surface area contributed by atoms with Gasteiger partial charge >= 0.3 is 0 Å². The van der Waals surface area contributed by atoms with Crippen molar-refractivity contribution in [2.75, 3.05) is 14.1 Å². The van der Waals surface area contributed by atoms with Gasteiger partial charge in [0.2, 0.25) is 0 Å². The van der Waals surface area contributed by atoms with E-state index in [2.05, 4.69) is 59.3 Å². The van der Waals surface area contributed by atoms with Crippen LogP contribution in [0.3, 0.4) is 0 Å². The summed E-state index contributed by atoms with van der Waals surface area (Å²) in [6.45, 7) is 4.37. The molecule has 1 aromatic carbocycles. The molecule has 72 valence electrons. The predicted molar refractivity (Wildman–Crippen MR) is 57.1 cm³/mol. The van der Waals surface area contributed by atoms with E-state index in [-0.39, 0.29) is 0 Å². The van der Waals surface area contributed by atoms with Crippen LogP contribution in [0.25, 0.3) is 0 Å². The molecule has 0 amide bonds. The van der Waals surface area contributed by atoms with Crippen molar-refractivity contribution in [2.24, 2.45) is 0 Å². The van der Waals surface area contributed by atoms with Gasteiger partial charge in [-0.2, -0.15) is 0 Å². The topological polar surface area (TPSA) is 0 Å². The second-order valence-electron chi connectivity index (χ2n) is 4.31. The van der Waals surface area contributed by atoms with Crippen LogP contribution < -0.4 is 0 Å².